The van der Waals surface area contributed by atoms with Crippen LogP contribution in [0.3, 0.4) is 0 Å². The highest BCUT2D eigenvalue weighted by Crippen LogP contribution is 2.23. The monoisotopic (exact) mass is 415 g/mol. The second-order valence-corrected chi connectivity index (χ2v) is 8.40. The van der Waals surface area contributed by atoms with Crippen molar-refractivity contribution in [1.82, 2.24) is 14.8 Å². The molecule has 2 heterocycles. The standard InChI is InChI=1S/C21H23ClN4OS/c1-25-20(16-7-3-2-4-8-16)23-24-21(25)28-15-18-14-26(11-12-27-18)13-17-9-5-6-10-19(17)22/h2-10,18H,11-15H2,1H3/p+1/t18-/m0/s1. The predicted molar refractivity (Wildman–Crippen MR) is 113 cm³/mol. The Morgan fingerprint density at radius 1 is 1.14 bits per heavy atom. The minimum Gasteiger partial charge on any atom is -0.366 e. The van der Waals surface area contributed by atoms with E-state index in [2.05, 4.69) is 33.0 Å². The first-order valence-electron chi connectivity index (χ1n) is 9.47. The fourth-order valence-corrected chi connectivity index (χ4v) is 4.61. The van der Waals surface area contributed by atoms with E-state index in [9.17, 15) is 0 Å². The molecule has 1 saturated heterocycles. The summed E-state index contributed by atoms with van der Waals surface area (Å²) in [4.78, 5) is 1.51. The molecule has 0 bridgehead atoms. The number of aromatic nitrogens is 3. The van der Waals surface area contributed by atoms with Crippen molar-refractivity contribution in [2.45, 2.75) is 17.8 Å². The van der Waals surface area contributed by atoms with E-state index in [4.69, 9.17) is 16.3 Å². The molecule has 0 aliphatic carbocycles. The Hall–Kier alpha value is -1.86. The second-order valence-electron chi connectivity index (χ2n) is 7.01. The van der Waals surface area contributed by atoms with Gasteiger partial charge in [-0.2, -0.15) is 0 Å². The minimum atomic E-state index is 0.202. The molecule has 5 nitrogen and oxygen atoms in total. The van der Waals surface area contributed by atoms with Crippen LogP contribution in [0.25, 0.3) is 11.4 Å². The molecule has 0 saturated carbocycles. The predicted octanol–water partition coefficient (Wildman–Crippen LogP) is 2.71. The number of morpholine rings is 1. The molecule has 1 aliphatic rings. The van der Waals surface area contributed by atoms with Gasteiger partial charge in [-0.25, -0.2) is 0 Å². The van der Waals surface area contributed by atoms with Crippen molar-refractivity contribution in [2.24, 2.45) is 7.05 Å². The molecule has 1 fully saturated rings. The van der Waals surface area contributed by atoms with Crippen LogP contribution in [0.1, 0.15) is 5.56 Å². The lowest BCUT2D eigenvalue weighted by molar-refractivity contribution is -0.924. The van der Waals surface area contributed by atoms with Crippen molar-refractivity contribution >= 4 is 23.4 Å². The maximum absolute atomic E-state index is 6.32. The number of nitrogens with zero attached hydrogens (tertiary/aromatic N) is 3. The number of thioether (sulfide) groups is 1. The number of hydrogen-bond donors (Lipinski definition) is 1. The Balaban J connectivity index is 1.35. The summed E-state index contributed by atoms with van der Waals surface area (Å²) in [5.74, 6) is 1.76. The topological polar surface area (TPSA) is 44.4 Å². The molecular weight excluding hydrogens is 392 g/mol. The van der Waals surface area contributed by atoms with Crippen LogP contribution in [0.15, 0.2) is 59.8 Å². The Morgan fingerprint density at radius 2 is 1.93 bits per heavy atom. The molecule has 1 aliphatic heterocycles. The van der Waals surface area contributed by atoms with E-state index in [0.717, 1.165) is 53.6 Å². The van der Waals surface area contributed by atoms with Crippen LogP contribution < -0.4 is 4.90 Å². The van der Waals surface area contributed by atoms with E-state index < -0.39 is 0 Å². The van der Waals surface area contributed by atoms with Crippen LogP contribution in [-0.2, 0) is 18.3 Å². The molecule has 7 heteroatoms. The Labute approximate surface area is 174 Å². The maximum atomic E-state index is 6.32. The molecule has 0 spiro atoms. The summed E-state index contributed by atoms with van der Waals surface area (Å²) in [6.45, 7) is 3.70. The van der Waals surface area contributed by atoms with E-state index in [-0.39, 0.29) is 6.10 Å². The summed E-state index contributed by atoms with van der Waals surface area (Å²) in [5.41, 5.74) is 2.28. The summed E-state index contributed by atoms with van der Waals surface area (Å²) in [6.07, 6.45) is 0.202. The first-order chi connectivity index (χ1) is 13.7. The molecule has 146 valence electrons. The molecule has 28 heavy (non-hydrogen) atoms. The summed E-state index contributed by atoms with van der Waals surface area (Å²) < 4.78 is 8.05. The van der Waals surface area contributed by atoms with Gasteiger partial charge in [0, 0.05) is 29.0 Å². The highest BCUT2D eigenvalue weighted by Gasteiger charge is 2.25. The molecule has 0 radical (unpaired) electrons. The lowest BCUT2D eigenvalue weighted by Crippen LogP contribution is -3.13. The number of ether oxygens (including phenoxy) is 1. The van der Waals surface area contributed by atoms with E-state index in [1.165, 1.54) is 10.5 Å². The van der Waals surface area contributed by atoms with E-state index in [0.29, 0.717) is 0 Å². The fraction of sp³-hybridized carbons (Fsp3) is 0.333. The maximum Gasteiger partial charge on any atom is 0.191 e. The average molecular weight is 416 g/mol. The largest absolute Gasteiger partial charge is 0.366 e. The average Bonchev–Trinajstić information content (AvgIpc) is 3.09. The summed E-state index contributed by atoms with van der Waals surface area (Å²) in [5, 5.41) is 10.5. The van der Waals surface area contributed by atoms with Gasteiger partial charge < -0.3 is 14.2 Å². The summed E-state index contributed by atoms with van der Waals surface area (Å²) in [7, 11) is 2.02. The molecule has 4 rings (SSSR count). The number of benzene rings is 2. The fourth-order valence-electron chi connectivity index (χ4n) is 3.48. The number of quaternary nitrogens is 1. The van der Waals surface area contributed by atoms with Crippen molar-refractivity contribution in [3.63, 3.8) is 0 Å². The molecule has 2 atom stereocenters. The molecular formula is C21H24ClN4OS+. The van der Waals surface area contributed by atoms with Gasteiger partial charge >= 0.3 is 0 Å². The van der Waals surface area contributed by atoms with Gasteiger partial charge in [-0.3, -0.25) is 0 Å². The third-order valence-electron chi connectivity index (χ3n) is 4.99. The van der Waals surface area contributed by atoms with Crippen molar-refractivity contribution in [3.05, 3.63) is 65.2 Å². The van der Waals surface area contributed by atoms with Gasteiger partial charge in [-0.15, -0.1) is 10.2 Å². The number of hydrogen-bond acceptors (Lipinski definition) is 4. The molecule has 2 aromatic carbocycles. The number of rotatable bonds is 6. The van der Waals surface area contributed by atoms with Gasteiger partial charge in [-0.05, 0) is 6.07 Å². The molecule has 1 aromatic heterocycles. The highest BCUT2D eigenvalue weighted by molar-refractivity contribution is 7.99. The lowest BCUT2D eigenvalue weighted by atomic mass is 10.2. The van der Waals surface area contributed by atoms with Crippen LogP contribution in [0.4, 0.5) is 0 Å². The zero-order chi connectivity index (χ0) is 19.3. The summed E-state index contributed by atoms with van der Waals surface area (Å²) in [6, 6.07) is 18.2. The third-order valence-corrected chi connectivity index (χ3v) is 6.51. The van der Waals surface area contributed by atoms with Crippen LogP contribution in [0.5, 0.6) is 0 Å². The van der Waals surface area contributed by atoms with Crippen molar-refractivity contribution < 1.29 is 9.64 Å². The highest BCUT2D eigenvalue weighted by atomic mass is 35.5. The minimum absolute atomic E-state index is 0.202. The van der Waals surface area contributed by atoms with E-state index in [1.54, 1.807) is 11.8 Å². The van der Waals surface area contributed by atoms with Crippen LogP contribution in [0, 0.1) is 0 Å². The molecule has 1 N–H and O–H groups in total. The van der Waals surface area contributed by atoms with E-state index in [1.807, 2.05) is 43.4 Å². The zero-order valence-electron chi connectivity index (χ0n) is 15.8. The first kappa shape index (κ1) is 19.5. The van der Waals surface area contributed by atoms with Crippen LogP contribution in [0.2, 0.25) is 5.02 Å². The van der Waals surface area contributed by atoms with Gasteiger partial charge in [0.05, 0.1) is 6.61 Å². The van der Waals surface area contributed by atoms with Crippen molar-refractivity contribution in [1.29, 1.82) is 0 Å². The van der Waals surface area contributed by atoms with Crippen LogP contribution in [-0.4, -0.2) is 46.3 Å². The Bertz CT molecular complexity index is 918. The van der Waals surface area contributed by atoms with Crippen LogP contribution >= 0.6 is 23.4 Å². The van der Waals surface area contributed by atoms with Crippen molar-refractivity contribution in [3.8, 4) is 11.4 Å². The smallest absolute Gasteiger partial charge is 0.191 e. The SMILES string of the molecule is Cn1c(SC[C@@H]2C[NH+](Cc3ccccc3Cl)CCO2)nnc1-c1ccccc1. The quantitative estimate of drug-likeness (QED) is 0.629. The Kier molecular flexibility index (Phi) is 6.32. The van der Waals surface area contributed by atoms with Gasteiger partial charge in [0.2, 0.25) is 0 Å². The number of nitrogens with one attached hydrogen (secondary N) is 1. The number of halogens is 1. The summed E-state index contributed by atoms with van der Waals surface area (Å²) >= 11 is 8.03. The molecule has 1 unspecified atom stereocenters. The Morgan fingerprint density at radius 3 is 2.75 bits per heavy atom. The van der Waals surface area contributed by atoms with Gasteiger partial charge in [-0.1, -0.05) is 71.9 Å². The molecule has 0 amide bonds. The van der Waals surface area contributed by atoms with Gasteiger partial charge in [0.25, 0.3) is 0 Å². The normalized spacial score (nSPS) is 19.6. The zero-order valence-corrected chi connectivity index (χ0v) is 17.4. The van der Waals surface area contributed by atoms with Crippen molar-refractivity contribution in [2.75, 3.05) is 25.4 Å². The first-order valence-corrected chi connectivity index (χ1v) is 10.8. The second kappa shape index (κ2) is 9.09. The third kappa shape index (κ3) is 4.58. The molecule has 3 aromatic rings. The van der Waals surface area contributed by atoms with Gasteiger partial charge in [0.1, 0.15) is 25.7 Å². The van der Waals surface area contributed by atoms with E-state index >= 15 is 0 Å². The van der Waals surface area contributed by atoms with Gasteiger partial charge in [0.15, 0.2) is 11.0 Å². The lowest BCUT2D eigenvalue weighted by Gasteiger charge is -2.30.